The number of aromatic amines is 1. The fraction of sp³-hybridized carbons (Fsp3) is 0.400. The molecule has 33 heavy (non-hydrogen) atoms. The first-order chi connectivity index (χ1) is 15.8. The molecule has 2 aliphatic heterocycles. The lowest BCUT2D eigenvalue weighted by Gasteiger charge is -2.55. The third-order valence-corrected chi connectivity index (χ3v) is 7.03. The quantitative estimate of drug-likeness (QED) is 0.566. The maximum absolute atomic E-state index is 14.1. The van der Waals surface area contributed by atoms with Crippen LogP contribution in [-0.2, 0) is 0 Å². The van der Waals surface area contributed by atoms with Crippen molar-refractivity contribution >= 4 is 28.2 Å². The van der Waals surface area contributed by atoms with Crippen LogP contribution in [0.2, 0.25) is 0 Å². The monoisotopic (exact) mass is 456 g/mol. The number of carbonyl (C=O) groups excluding carboxylic acids is 1. The predicted octanol–water partition coefficient (Wildman–Crippen LogP) is 5.04. The number of nitrogens with one attached hydrogen (secondary N) is 2. The number of rotatable bonds is 5. The van der Waals surface area contributed by atoms with E-state index in [1.54, 1.807) is 6.07 Å². The van der Waals surface area contributed by atoms with Crippen molar-refractivity contribution in [2.45, 2.75) is 26.2 Å². The van der Waals surface area contributed by atoms with E-state index in [1.807, 2.05) is 36.1 Å². The zero-order valence-electron chi connectivity index (χ0n) is 18.5. The first kappa shape index (κ1) is 21.8. The van der Waals surface area contributed by atoms with E-state index in [2.05, 4.69) is 15.2 Å². The Morgan fingerprint density at radius 3 is 2.61 bits per heavy atom. The first-order valence-corrected chi connectivity index (χ1v) is 11.3. The van der Waals surface area contributed by atoms with Crippen molar-refractivity contribution in [3.63, 3.8) is 0 Å². The van der Waals surface area contributed by atoms with Gasteiger partial charge in [-0.25, -0.2) is 13.2 Å². The smallest absolute Gasteiger partial charge is 0.272 e. The van der Waals surface area contributed by atoms with Crippen LogP contribution in [0.1, 0.15) is 28.9 Å². The van der Waals surface area contributed by atoms with Gasteiger partial charge in [-0.1, -0.05) is 12.1 Å². The summed E-state index contributed by atoms with van der Waals surface area (Å²) in [6.07, 6.45) is -0.409. The van der Waals surface area contributed by atoms with Gasteiger partial charge in [0.1, 0.15) is 11.5 Å². The number of benzene rings is 2. The Labute approximate surface area is 190 Å². The highest BCUT2D eigenvalue weighted by Gasteiger charge is 2.45. The van der Waals surface area contributed by atoms with Crippen molar-refractivity contribution in [2.75, 3.05) is 42.9 Å². The molecule has 3 aromatic rings. The van der Waals surface area contributed by atoms with Gasteiger partial charge in [0.2, 0.25) is 0 Å². The number of alkyl halides is 2. The van der Waals surface area contributed by atoms with Crippen LogP contribution in [0.4, 0.5) is 24.5 Å². The first-order valence-electron chi connectivity index (χ1n) is 11.3. The normalized spacial score (nSPS) is 18.2. The van der Waals surface area contributed by atoms with Crippen LogP contribution < -0.4 is 10.2 Å². The molecule has 0 radical (unpaired) electrons. The number of nitrogens with zero attached hydrogens (tertiary/aromatic N) is 2. The average Bonchev–Trinajstić information content (AvgIpc) is 3.22. The number of piperidine rings is 1. The number of anilines is 2. The van der Waals surface area contributed by atoms with Crippen molar-refractivity contribution in [3.05, 3.63) is 59.5 Å². The summed E-state index contributed by atoms with van der Waals surface area (Å²) in [4.78, 5) is 19.9. The average molecular weight is 457 g/mol. The summed E-state index contributed by atoms with van der Waals surface area (Å²) in [6.45, 7) is 4.97. The van der Waals surface area contributed by atoms with Crippen LogP contribution in [0.15, 0.2) is 42.5 Å². The van der Waals surface area contributed by atoms with Gasteiger partial charge in [-0.15, -0.1) is 0 Å². The highest BCUT2D eigenvalue weighted by molar-refractivity contribution is 6.06. The molecule has 0 bridgehead atoms. The molecule has 174 valence electrons. The Morgan fingerprint density at radius 2 is 1.91 bits per heavy atom. The highest BCUT2D eigenvalue weighted by Crippen LogP contribution is 2.43. The molecule has 0 aliphatic carbocycles. The fourth-order valence-electron chi connectivity index (χ4n) is 5.09. The number of likely N-dealkylation sites (tertiary alicyclic amines) is 1. The van der Waals surface area contributed by atoms with E-state index in [4.69, 9.17) is 0 Å². The van der Waals surface area contributed by atoms with E-state index in [0.29, 0.717) is 22.3 Å². The molecule has 8 heteroatoms. The number of hydrogen-bond donors (Lipinski definition) is 2. The lowest BCUT2D eigenvalue weighted by molar-refractivity contribution is 0.0320. The predicted molar refractivity (Wildman–Crippen MR) is 124 cm³/mol. The van der Waals surface area contributed by atoms with E-state index in [-0.39, 0.29) is 23.7 Å². The molecule has 5 rings (SSSR count). The summed E-state index contributed by atoms with van der Waals surface area (Å²) in [5, 5.41) is 3.30. The second-order valence-electron chi connectivity index (χ2n) is 9.39. The lowest BCUT2D eigenvalue weighted by atomic mass is 9.71. The van der Waals surface area contributed by atoms with Crippen LogP contribution in [0, 0.1) is 18.2 Å². The number of aryl methyl sites for hydroxylation is 1. The molecule has 0 saturated carbocycles. The minimum absolute atomic E-state index is 0.135. The van der Waals surface area contributed by atoms with Gasteiger partial charge >= 0.3 is 0 Å². The van der Waals surface area contributed by atoms with Gasteiger partial charge in [-0.3, -0.25) is 9.69 Å². The number of amides is 1. The van der Waals surface area contributed by atoms with Crippen molar-refractivity contribution in [1.82, 2.24) is 9.88 Å². The zero-order chi connectivity index (χ0) is 23.2. The number of aromatic nitrogens is 1. The number of hydrogen-bond acceptors (Lipinski definition) is 3. The van der Waals surface area contributed by atoms with E-state index >= 15 is 0 Å². The molecule has 5 nitrogen and oxygen atoms in total. The van der Waals surface area contributed by atoms with Gasteiger partial charge in [0.05, 0.1) is 12.1 Å². The van der Waals surface area contributed by atoms with E-state index in [1.165, 1.54) is 12.1 Å². The minimum Gasteiger partial charge on any atom is -0.370 e. The Balaban J connectivity index is 1.22. The van der Waals surface area contributed by atoms with Gasteiger partial charge in [0, 0.05) is 35.3 Å². The molecule has 2 fully saturated rings. The highest BCUT2D eigenvalue weighted by atomic mass is 19.3. The molecule has 0 atom stereocenters. The Hall–Kier alpha value is -3.00. The Morgan fingerprint density at radius 1 is 1.15 bits per heavy atom. The maximum Gasteiger partial charge on any atom is 0.272 e. The standard InChI is InChI=1S/C25H27F3N4O/c1-16-5-6-20(26)19-12-21(30-23(16)19)24(33)29-17-3-2-4-18(11-17)32-14-25(15-32)7-9-31(10-8-25)13-22(27)28/h2-6,11-12,22,30H,7-10,13-15H2,1H3,(H,29,33). The van der Waals surface area contributed by atoms with E-state index in [0.717, 1.165) is 50.3 Å². The molecule has 2 saturated heterocycles. The third-order valence-electron chi connectivity index (χ3n) is 7.03. The van der Waals surface area contributed by atoms with Gasteiger partial charge in [-0.2, -0.15) is 0 Å². The number of H-pyrrole nitrogens is 1. The van der Waals surface area contributed by atoms with E-state index < -0.39 is 6.43 Å². The maximum atomic E-state index is 14.1. The molecular weight excluding hydrogens is 429 g/mol. The molecule has 0 unspecified atom stereocenters. The minimum atomic E-state index is -2.28. The second-order valence-corrected chi connectivity index (χ2v) is 9.39. The molecule has 1 amide bonds. The summed E-state index contributed by atoms with van der Waals surface area (Å²) in [6, 6.07) is 12.3. The van der Waals surface area contributed by atoms with Gasteiger partial charge in [0.25, 0.3) is 12.3 Å². The molecule has 3 heterocycles. The van der Waals surface area contributed by atoms with Crippen LogP contribution in [0.25, 0.3) is 10.9 Å². The topological polar surface area (TPSA) is 51.4 Å². The van der Waals surface area contributed by atoms with Gasteiger partial charge in [0.15, 0.2) is 0 Å². The Bertz CT molecular complexity index is 1140. The second kappa shape index (κ2) is 8.41. The van der Waals surface area contributed by atoms with Gasteiger partial charge in [-0.05, 0) is 68.8 Å². The molecule has 2 N–H and O–H groups in total. The van der Waals surface area contributed by atoms with Gasteiger partial charge < -0.3 is 15.2 Å². The molecule has 2 aliphatic rings. The number of fused-ring (bicyclic) bond motifs is 1. The summed E-state index contributed by atoms with van der Waals surface area (Å²) < 4.78 is 39.3. The van der Waals surface area contributed by atoms with Crippen molar-refractivity contribution in [1.29, 1.82) is 0 Å². The fourth-order valence-corrected chi connectivity index (χ4v) is 5.09. The van der Waals surface area contributed by atoms with Crippen LogP contribution in [0.5, 0.6) is 0 Å². The number of halogens is 3. The summed E-state index contributed by atoms with van der Waals surface area (Å²) in [5.41, 5.74) is 3.69. The van der Waals surface area contributed by atoms with Crippen molar-refractivity contribution < 1.29 is 18.0 Å². The summed E-state index contributed by atoms with van der Waals surface area (Å²) >= 11 is 0. The van der Waals surface area contributed by atoms with E-state index in [9.17, 15) is 18.0 Å². The lowest BCUT2D eigenvalue weighted by Crippen LogP contribution is -2.60. The van der Waals surface area contributed by atoms with Crippen molar-refractivity contribution in [3.8, 4) is 0 Å². The molecule has 2 aromatic carbocycles. The van der Waals surface area contributed by atoms with Crippen LogP contribution >= 0.6 is 0 Å². The van der Waals surface area contributed by atoms with Crippen LogP contribution in [-0.4, -0.2) is 54.9 Å². The third kappa shape index (κ3) is 4.31. The molecule has 1 spiro atoms. The number of carbonyl (C=O) groups is 1. The molecular formula is C25H27F3N4O. The zero-order valence-corrected chi connectivity index (χ0v) is 18.5. The summed E-state index contributed by atoms with van der Waals surface area (Å²) in [5.74, 6) is -0.687. The molecule has 1 aromatic heterocycles. The van der Waals surface area contributed by atoms with Crippen molar-refractivity contribution in [2.24, 2.45) is 5.41 Å². The van der Waals surface area contributed by atoms with Crippen LogP contribution in [0.3, 0.4) is 0 Å². The Kier molecular flexibility index (Phi) is 5.56. The largest absolute Gasteiger partial charge is 0.370 e. The SMILES string of the molecule is Cc1ccc(F)c2cc(C(=O)Nc3cccc(N4CC5(CCN(CC(F)F)CC5)C4)c3)[nH]c12. The summed E-state index contributed by atoms with van der Waals surface area (Å²) in [7, 11) is 0.